The molecule has 1 aliphatic carbocycles. The van der Waals surface area contributed by atoms with Gasteiger partial charge in [-0.1, -0.05) is 29.8 Å². The van der Waals surface area contributed by atoms with E-state index in [1.165, 1.54) is 30.5 Å². The molecule has 4 aromatic rings. The van der Waals surface area contributed by atoms with Gasteiger partial charge in [0.25, 0.3) is 0 Å². The summed E-state index contributed by atoms with van der Waals surface area (Å²) in [6.45, 7) is 0. The molecule has 12 heteroatoms. The highest BCUT2D eigenvalue weighted by molar-refractivity contribution is 7.89. The van der Waals surface area contributed by atoms with E-state index in [2.05, 4.69) is 20.3 Å². The maximum Gasteiger partial charge on any atom is 0.239 e. The molecule has 0 spiro atoms. The molecular formula is C27H26ClFN6O3S. The van der Waals surface area contributed by atoms with Gasteiger partial charge < -0.3 is 15.8 Å². The third-order valence-corrected chi connectivity index (χ3v) is 8.00. The van der Waals surface area contributed by atoms with Crippen LogP contribution in [0.5, 0.6) is 11.6 Å². The minimum absolute atomic E-state index is 0.0802. The first-order valence-corrected chi connectivity index (χ1v) is 14.2. The van der Waals surface area contributed by atoms with Gasteiger partial charge in [0, 0.05) is 30.0 Å². The maximum absolute atomic E-state index is 15.2. The predicted octanol–water partition coefficient (Wildman–Crippen LogP) is 5.12. The SMILES string of the molecule is NC1CCC(Nc2nccc(-c3cccnc3Oc3ccc(-c4cccc(S(N)(=O)=O)c4Cl)cc3F)n2)CC1. The van der Waals surface area contributed by atoms with E-state index >= 15 is 4.39 Å². The van der Waals surface area contributed by atoms with Crippen LogP contribution in [0.15, 0.2) is 71.9 Å². The fourth-order valence-corrected chi connectivity index (χ4v) is 5.69. The summed E-state index contributed by atoms with van der Waals surface area (Å²) < 4.78 is 44.7. The number of rotatable bonds is 7. The number of halogens is 2. The monoisotopic (exact) mass is 568 g/mol. The van der Waals surface area contributed by atoms with Gasteiger partial charge in [-0.05, 0) is 67.6 Å². The smallest absolute Gasteiger partial charge is 0.239 e. The molecule has 9 nitrogen and oxygen atoms in total. The fourth-order valence-electron chi connectivity index (χ4n) is 4.50. The van der Waals surface area contributed by atoms with Crippen LogP contribution in [0.2, 0.25) is 5.02 Å². The second-order valence-electron chi connectivity index (χ2n) is 9.29. The van der Waals surface area contributed by atoms with Gasteiger partial charge in [0.2, 0.25) is 21.9 Å². The number of nitrogens with two attached hydrogens (primary N) is 2. The Labute approximate surface area is 230 Å². The van der Waals surface area contributed by atoms with Crippen molar-refractivity contribution in [3.63, 3.8) is 0 Å². The van der Waals surface area contributed by atoms with Crippen molar-refractivity contribution in [1.82, 2.24) is 15.0 Å². The molecule has 39 heavy (non-hydrogen) atoms. The highest BCUT2D eigenvalue weighted by atomic mass is 35.5. The van der Waals surface area contributed by atoms with Crippen molar-refractivity contribution in [3.8, 4) is 34.0 Å². The highest BCUT2D eigenvalue weighted by Gasteiger charge is 2.21. The van der Waals surface area contributed by atoms with Gasteiger partial charge in [0.1, 0.15) is 4.90 Å². The second-order valence-corrected chi connectivity index (χ2v) is 11.2. The van der Waals surface area contributed by atoms with Gasteiger partial charge in [0.15, 0.2) is 11.6 Å². The van der Waals surface area contributed by atoms with Crippen LogP contribution in [-0.2, 0) is 10.0 Å². The number of nitrogens with one attached hydrogen (secondary N) is 1. The lowest BCUT2D eigenvalue weighted by Crippen LogP contribution is -2.33. The Kier molecular flexibility index (Phi) is 7.76. The van der Waals surface area contributed by atoms with Crippen LogP contribution >= 0.6 is 11.6 Å². The molecule has 0 radical (unpaired) electrons. The van der Waals surface area contributed by atoms with Gasteiger partial charge >= 0.3 is 0 Å². The van der Waals surface area contributed by atoms with E-state index in [0.29, 0.717) is 28.3 Å². The molecule has 0 unspecified atom stereocenters. The zero-order valence-corrected chi connectivity index (χ0v) is 22.3. The molecule has 0 aliphatic heterocycles. The van der Waals surface area contributed by atoms with Crippen molar-refractivity contribution in [2.75, 3.05) is 5.32 Å². The molecule has 0 bridgehead atoms. The van der Waals surface area contributed by atoms with Crippen molar-refractivity contribution in [2.45, 2.75) is 42.7 Å². The number of ether oxygens (including phenoxy) is 1. The Morgan fingerprint density at radius 3 is 2.49 bits per heavy atom. The topological polar surface area (TPSA) is 146 Å². The first-order chi connectivity index (χ1) is 18.7. The van der Waals surface area contributed by atoms with E-state index in [4.69, 9.17) is 27.2 Å². The summed E-state index contributed by atoms with van der Waals surface area (Å²) in [7, 11) is -4.05. The van der Waals surface area contributed by atoms with E-state index in [-0.39, 0.29) is 33.6 Å². The van der Waals surface area contributed by atoms with Crippen molar-refractivity contribution < 1.29 is 17.5 Å². The number of primary sulfonamides is 1. The summed E-state index contributed by atoms with van der Waals surface area (Å²) in [6.07, 6.45) is 6.98. The van der Waals surface area contributed by atoms with E-state index in [9.17, 15) is 8.42 Å². The van der Waals surface area contributed by atoms with Crippen LogP contribution in [0.25, 0.3) is 22.4 Å². The third-order valence-electron chi connectivity index (χ3n) is 6.53. The van der Waals surface area contributed by atoms with E-state index < -0.39 is 15.8 Å². The highest BCUT2D eigenvalue weighted by Crippen LogP contribution is 2.36. The van der Waals surface area contributed by atoms with Crippen molar-refractivity contribution >= 4 is 27.6 Å². The molecule has 2 aromatic carbocycles. The average molecular weight is 569 g/mol. The van der Waals surface area contributed by atoms with Crippen LogP contribution in [0, 0.1) is 5.82 Å². The summed E-state index contributed by atoms with van der Waals surface area (Å²) in [4.78, 5) is 13.0. The van der Waals surface area contributed by atoms with Crippen LogP contribution in [0.4, 0.5) is 10.3 Å². The van der Waals surface area contributed by atoms with Gasteiger partial charge in [0.05, 0.1) is 16.3 Å². The molecule has 1 fully saturated rings. The van der Waals surface area contributed by atoms with Crippen molar-refractivity contribution in [3.05, 3.63) is 77.8 Å². The summed E-state index contributed by atoms with van der Waals surface area (Å²) in [5.74, 6) is -0.131. The van der Waals surface area contributed by atoms with Crippen LogP contribution in [0.1, 0.15) is 25.7 Å². The molecule has 2 aromatic heterocycles. The standard InChI is InChI=1S/C27H26ClFN6O3S/c28-25-19(3-1-5-24(25)39(31,36)37)16-6-11-23(21(29)15-16)38-26-20(4-2-13-32-26)22-12-14-33-27(35-22)34-18-9-7-17(30)8-10-18/h1-6,11-15,17-18H,7-10,30H2,(H2,31,36,37)(H,33,34,35). The molecule has 1 saturated carbocycles. The van der Waals surface area contributed by atoms with Crippen molar-refractivity contribution in [1.29, 1.82) is 0 Å². The van der Waals surface area contributed by atoms with Gasteiger partial charge in [-0.15, -0.1) is 0 Å². The normalized spacial score (nSPS) is 17.5. The van der Waals surface area contributed by atoms with E-state index in [1.807, 2.05) is 0 Å². The largest absolute Gasteiger partial charge is 0.435 e. The number of hydrogen-bond donors (Lipinski definition) is 3. The van der Waals surface area contributed by atoms with E-state index in [1.54, 1.807) is 36.5 Å². The number of nitrogens with zero attached hydrogens (tertiary/aromatic N) is 3. The molecule has 0 saturated heterocycles. The van der Waals surface area contributed by atoms with Crippen LogP contribution in [0.3, 0.4) is 0 Å². The van der Waals surface area contributed by atoms with Crippen molar-refractivity contribution in [2.24, 2.45) is 10.9 Å². The molecule has 202 valence electrons. The molecule has 0 amide bonds. The lowest BCUT2D eigenvalue weighted by Gasteiger charge is -2.26. The zero-order chi connectivity index (χ0) is 27.6. The first-order valence-electron chi connectivity index (χ1n) is 12.3. The second kappa shape index (κ2) is 11.2. The summed E-state index contributed by atoms with van der Waals surface area (Å²) in [5, 5.41) is 8.52. The third kappa shape index (κ3) is 6.17. The minimum Gasteiger partial charge on any atom is -0.435 e. The van der Waals surface area contributed by atoms with Gasteiger partial charge in [-0.2, -0.15) is 0 Å². The summed E-state index contributed by atoms with van der Waals surface area (Å²) >= 11 is 6.27. The molecular weight excluding hydrogens is 543 g/mol. The van der Waals surface area contributed by atoms with Crippen LogP contribution in [-0.4, -0.2) is 35.5 Å². The molecule has 0 atom stereocenters. The molecule has 1 aliphatic rings. The quantitative estimate of drug-likeness (QED) is 0.278. The van der Waals surface area contributed by atoms with Gasteiger partial charge in [-0.25, -0.2) is 32.9 Å². The molecule has 5 N–H and O–H groups in total. The molecule has 2 heterocycles. The Hall–Kier alpha value is -3.64. The summed E-state index contributed by atoms with van der Waals surface area (Å²) in [5.41, 5.74) is 7.79. The first kappa shape index (κ1) is 26.9. The van der Waals surface area contributed by atoms with E-state index in [0.717, 1.165) is 25.7 Å². The number of pyridine rings is 1. The minimum atomic E-state index is -4.05. The summed E-state index contributed by atoms with van der Waals surface area (Å²) in [6, 6.07) is 14.3. The molecule has 5 rings (SSSR count). The lowest BCUT2D eigenvalue weighted by molar-refractivity contribution is 0.410. The number of benzene rings is 2. The lowest BCUT2D eigenvalue weighted by atomic mass is 9.92. The maximum atomic E-state index is 15.2. The van der Waals surface area contributed by atoms with Crippen LogP contribution < -0.4 is 20.9 Å². The zero-order valence-electron chi connectivity index (χ0n) is 20.7. The average Bonchev–Trinajstić information content (AvgIpc) is 2.91. The van der Waals surface area contributed by atoms with Gasteiger partial charge in [-0.3, -0.25) is 0 Å². The Bertz CT molecular complexity index is 1610. The Morgan fingerprint density at radius 2 is 1.74 bits per heavy atom. The number of anilines is 1. The Morgan fingerprint density at radius 1 is 0.974 bits per heavy atom. The predicted molar refractivity (Wildman–Crippen MR) is 147 cm³/mol. The number of sulfonamides is 1. The number of hydrogen-bond acceptors (Lipinski definition) is 8. The fraction of sp³-hybridized carbons (Fsp3) is 0.222. The number of aromatic nitrogens is 3. The Balaban J connectivity index is 1.40.